The van der Waals surface area contributed by atoms with E-state index in [1.165, 1.54) is 19.6 Å². The number of Topliss-reactive ketones (excluding diaryl/α,β-unsaturated/α-hetero) is 1. The number of ether oxygens (including phenoxy) is 4. The summed E-state index contributed by atoms with van der Waals surface area (Å²) in [6.07, 6.45) is 0.108. The Morgan fingerprint density at radius 2 is 1.83 bits per heavy atom. The van der Waals surface area contributed by atoms with E-state index < -0.39 is 75.5 Å². The highest BCUT2D eigenvalue weighted by Gasteiger charge is 2.86. The number of esters is 3. The standard InChI is InChI=1S/C26H30O10/c1-22(2)16-15(20(29)32-5)35-21(30)24(16,4)19-14(17(22)28)25(31)8-7-23(3)18(12-6-9-33-11-12)34-13(27)10-26(23,25)36-19/h6,9,11,14-16,18-19,31H,7-8,10H2,1-5H3/t14-,15+,16?,18-,19-,23-,24+,25-,26+/m0/s1. The number of rotatable bonds is 2. The summed E-state index contributed by atoms with van der Waals surface area (Å²) >= 11 is 0. The molecule has 1 aromatic heterocycles. The predicted octanol–water partition coefficient (Wildman–Crippen LogP) is 1.88. The maximum Gasteiger partial charge on any atom is 0.347 e. The molecule has 10 heteroatoms. The molecule has 1 N–H and O–H groups in total. The molecular weight excluding hydrogens is 472 g/mol. The van der Waals surface area contributed by atoms with Crippen LogP contribution in [0.5, 0.6) is 0 Å². The van der Waals surface area contributed by atoms with Crippen molar-refractivity contribution in [2.75, 3.05) is 7.11 Å². The molecule has 2 saturated carbocycles. The number of carbonyl (C=O) groups excluding carboxylic acids is 4. The molecule has 6 rings (SSSR count). The first-order valence-corrected chi connectivity index (χ1v) is 12.2. The summed E-state index contributed by atoms with van der Waals surface area (Å²) in [4.78, 5) is 53.3. The Hall–Kier alpha value is -2.72. The van der Waals surface area contributed by atoms with Crippen LogP contribution in [0.25, 0.3) is 0 Å². The van der Waals surface area contributed by atoms with Crippen molar-refractivity contribution >= 4 is 23.7 Å². The molecular formula is C26H30O10. The van der Waals surface area contributed by atoms with Crippen LogP contribution >= 0.6 is 0 Å². The van der Waals surface area contributed by atoms with Gasteiger partial charge in [0.25, 0.3) is 0 Å². The highest BCUT2D eigenvalue weighted by molar-refractivity contribution is 5.98. The molecule has 5 fully saturated rings. The Morgan fingerprint density at radius 1 is 1.11 bits per heavy atom. The van der Waals surface area contributed by atoms with Crippen LogP contribution in [0.1, 0.15) is 58.6 Å². The van der Waals surface area contributed by atoms with E-state index in [1.807, 2.05) is 6.92 Å². The maximum atomic E-state index is 14.2. The number of hydrogen-bond donors (Lipinski definition) is 1. The quantitative estimate of drug-likeness (QED) is 0.471. The average molecular weight is 503 g/mol. The van der Waals surface area contributed by atoms with E-state index in [-0.39, 0.29) is 18.6 Å². The van der Waals surface area contributed by atoms with Crippen molar-refractivity contribution < 1.29 is 47.6 Å². The van der Waals surface area contributed by atoms with Gasteiger partial charge in [0.1, 0.15) is 28.5 Å². The van der Waals surface area contributed by atoms with E-state index in [4.69, 9.17) is 23.4 Å². The molecule has 9 atom stereocenters. The normalized spacial score (nSPS) is 48.4. The van der Waals surface area contributed by atoms with Crippen LogP contribution in [0, 0.1) is 28.1 Å². The molecule has 194 valence electrons. The first kappa shape index (κ1) is 23.7. The van der Waals surface area contributed by atoms with Gasteiger partial charge in [-0.3, -0.25) is 14.4 Å². The van der Waals surface area contributed by atoms with Crippen LogP contribution in [0.2, 0.25) is 0 Å². The number of aliphatic hydroxyl groups is 1. The number of fused-ring (bicyclic) bond motifs is 4. The molecule has 3 aliphatic heterocycles. The Morgan fingerprint density at radius 3 is 2.47 bits per heavy atom. The fraction of sp³-hybridized carbons (Fsp3) is 0.692. The molecule has 0 bridgehead atoms. The lowest BCUT2D eigenvalue weighted by Gasteiger charge is -2.52. The van der Waals surface area contributed by atoms with Gasteiger partial charge in [0.15, 0.2) is 0 Å². The lowest BCUT2D eigenvalue weighted by Crippen LogP contribution is -2.66. The summed E-state index contributed by atoms with van der Waals surface area (Å²) in [5.41, 5.74) is -6.21. The minimum Gasteiger partial charge on any atom is -0.472 e. The summed E-state index contributed by atoms with van der Waals surface area (Å²) in [6.45, 7) is 6.84. The second-order valence-electron chi connectivity index (χ2n) is 12.0. The molecule has 5 aliphatic rings. The van der Waals surface area contributed by atoms with Crippen molar-refractivity contribution in [1.29, 1.82) is 0 Å². The molecule has 4 heterocycles. The van der Waals surface area contributed by atoms with Gasteiger partial charge in [-0.1, -0.05) is 20.8 Å². The van der Waals surface area contributed by atoms with E-state index in [1.54, 1.807) is 26.8 Å². The monoisotopic (exact) mass is 502 g/mol. The molecule has 2 aliphatic carbocycles. The number of furan rings is 1. The number of carbonyl (C=O) groups is 4. The van der Waals surface area contributed by atoms with E-state index in [2.05, 4.69) is 0 Å². The van der Waals surface area contributed by atoms with Crippen LogP contribution in [0.4, 0.5) is 0 Å². The van der Waals surface area contributed by atoms with Gasteiger partial charge >= 0.3 is 17.9 Å². The van der Waals surface area contributed by atoms with Crippen molar-refractivity contribution in [1.82, 2.24) is 0 Å². The largest absolute Gasteiger partial charge is 0.472 e. The second kappa shape index (κ2) is 6.77. The predicted molar refractivity (Wildman–Crippen MR) is 118 cm³/mol. The summed E-state index contributed by atoms with van der Waals surface area (Å²) in [5.74, 6) is -4.33. The summed E-state index contributed by atoms with van der Waals surface area (Å²) < 4.78 is 28.2. The van der Waals surface area contributed by atoms with Crippen LogP contribution in [0.3, 0.4) is 0 Å². The first-order valence-electron chi connectivity index (χ1n) is 12.2. The molecule has 3 saturated heterocycles. The van der Waals surface area contributed by atoms with Crippen LogP contribution < -0.4 is 0 Å². The van der Waals surface area contributed by atoms with Gasteiger partial charge in [-0.2, -0.15) is 0 Å². The van der Waals surface area contributed by atoms with Gasteiger partial charge in [-0.15, -0.1) is 0 Å². The first-order chi connectivity index (χ1) is 16.8. The summed E-state index contributed by atoms with van der Waals surface area (Å²) in [7, 11) is 1.19. The lowest BCUT2D eigenvalue weighted by atomic mass is 9.48. The molecule has 0 radical (unpaired) electrons. The van der Waals surface area contributed by atoms with Crippen molar-refractivity contribution in [3.05, 3.63) is 24.2 Å². The zero-order valence-electron chi connectivity index (χ0n) is 20.9. The SMILES string of the molecule is COC(=O)[C@@H]1OC(=O)[C@]2(C)C1C(C)(C)C(=O)[C@H]1[C@@H]2O[C@]23CC(=O)O[C@@H](c4ccoc4)[C@]2(C)CC[C@]13O. The average Bonchev–Trinajstić information content (AvgIpc) is 3.54. The maximum absolute atomic E-state index is 14.2. The van der Waals surface area contributed by atoms with Gasteiger partial charge in [0.2, 0.25) is 6.10 Å². The topological polar surface area (TPSA) is 139 Å². The lowest BCUT2D eigenvalue weighted by molar-refractivity contribution is -0.246. The molecule has 1 unspecified atom stereocenters. The Balaban J connectivity index is 1.54. The van der Waals surface area contributed by atoms with E-state index >= 15 is 0 Å². The molecule has 0 amide bonds. The summed E-state index contributed by atoms with van der Waals surface area (Å²) in [6, 6.07) is 1.70. The van der Waals surface area contributed by atoms with Gasteiger partial charge in [0, 0.05) is 22.3 Å². The van der Waals surface area contributed by atoms with Crippen molar-refractivity contribution in [3.63, 3.8) is 0 Å². The minimum absolute atomic E-state index is 0.174. The Kier molecular flexibility index (Phi) is 4.45. The van der Waals surface area contributed by atoms with Crippen LogP contribution in [0.15, 0.2) is 23.0 Å². The van der Waals surface area contributed by atoms with Crippen LogP contribution in [-0.2, 0) is 38.1 Å². The number of hydrogen-bond acceptors (Lipinski definition) is 10. The van der Waals surface area contributed by atoms with E-state index in [0.29, 0.717) is 12.0 Å². The Labute approximate surface area is 207 Å². The minimum atomic E-state index is -1.74. The second-order valence-corrected chi connectivity index (χ2v) is 12.0. The zero-order valence-corrected chi connectivity index (χ0v) is 20.9. The van der Waals surface area contributed by atoms with Gasteiger partial charge in [0.05, 0.1) is 38.1 Å². The highest BCUT2D eigenvalue weighted by Crippen LogP contribution is 2.74. The highest BCUT2D eigenvalue weighted by atomic mass is 16.6. The number of methoxy groups -OCH3 is 1. The van der Waals surface area contributed by atoms with Crippen LogP contribution in [-0.4, -0.2) is 59.3 Å². The number of cyclic esters (lactones) is 2. The Bertz CT molecular complexity index is 1190. The smallest absolute Gasteiger partial charge is 0.347 e. The zero-order chi connectivity index (χ0) is 26.1. The van der Waals surface area contributed by atoms with Gasteiger partial charge < -0.3 is 28.5 Å². The third-order valence-corrected chi connectivity index (χ3v) is 10.2. The fourth-order valence-electron chi connectivity index (χ4n) is 8.48. The molecule has 10 nitrogen and oxygen atoms in total. The van der Waals surface area contributed by atoms with E-state index in [9.17, 15) is 24.3 Å². The molecule has 36 heavy (non-hydrogen) atoms. The molecule has 0 aromatic carbocycles. The molecule has 1 aromatic rings. The van der Waals surface area contributed by atoms with E-state index in [0.717, 1.165) is 0 Å². The van der Waals surface area contributed by atoms with Gasteiger partial charge in [-0.05, 0) is 25.8 Å². The van der Waals surface area contributed by atoms with Gasteiger partial charge in [-0.25, -0.2) is 4.79 Å². The third-order valence-electron chi connectivity index (χ3n) is 10.2. The van der Waals surface area contributed by atoms with Crippen molar-refractivity contribution in [2.45, 2.75) is 76.5 Å². The molecule has 1 spiro atoms. The van der Waals surface area contributed by atoms with Crippen molar-refractivity contribution in [3.8, 4) is 0 Å². The fourth-order valence-corrected chi connectivity index (χ4v) is 8.48. The van der Waals surface area contributed by atoms with Crippen molar-refractivity contribution in [2.24, 2.45) is 28.1 Å². The summed E-state index contributed by atoms with van der Waals surface area (Å²) in [5, 5.41) is 12.4. The number of ketones is 1. The third kappa shape index (κ3) is 2.32.